The number of ketones is 1. The first kappa shape index (κ1) is 12.3. The Morgan fingerprint density at radius 2 is 2.13 bits per heavy atom. The Morgan fingerprint density at radius 3 is 2.60 bits per heavy atom. The summed E-state index contributed by atoms with van der Waals surface area (Å²) in [5.41, 5.74) is -0.514. The largest absolute Gasteiger partial charge is 0.444 e. The molecule has 0 aromatic heterocycles. The molecule has 1 rings (SSSR count). The van der Waals surface area contributed by atoms with Crippen molar-refractivity contribution in [1.82, 2.24) is 4.90 Å². The number of likely N-dealkylation sites (tertiary alicyclic amines) is 1. The molecule has 1 aliphatic rings. The molecule has 0 bridgehead atoms. The van der Waals surface area contributed by atoms with E-state index in [0.29, 0.717) is 13.0 Å². The Hall–Kier alpha value is -0.770. The lowest BCUT2D eigenvalue weighted by Crippen LogP contribution is -2.46. The molecular formula is C10H16ClNO3. The molecule has 0 unspecified atom stereocenters. The van der Waals surface area contributed by atoms with Gasteiger partial charge in [0, 0.05) is 19.5 Å². The zero-order chi connectivity index (χ0) is 11.6. The van der Waals surface area contributed by atoms with Crippen LogP contribution in [0.2, 0.25) is 0 Å². The van der Waals surface area contributed by atoms with Gasteiger partial charge in [0.1, 0.15) is 11.0 Å². The van der Waals surface area contributed by atoms with Gasteiger partial charge in [-0.25, -0.2) is 4.79 Å². The fourth-order valence-corrected chi connectivity index (χ4v) is 1.56. The molecule has 0 spiro atoms. The minimum atomic E-state index is -0.591. The van der Waals surface area contributed by atoms with Gasteiger partial charge < -0.3 is 9.64 Å². The highest BCUT2D eigenvalue weighted by atomic mass is 35.5. The van der Waals surface area contributed by atoms with Gasteiger partial charge in [0.05, 0.1) is 0 Å². The zero-order valence-corrected chi connectivity index (χ0v) is 10.0. The second-order valence-electron chi connectivity index (χ2n) is 4.61. The summed E-state index contributed by atoms with van der Waals surface area (Å²) in [6.07, 6.45) is -0.0893. The molecule has 5 heteroatoms. The smallest absolute Gasteiger partial charge is 0.410 e. The number of carbonyl (C=O) groups excluding carboxylic acids is 2. The first-order valence-electron chi connectivity index (χ1n) is 4.94. The van der Waals surface area contributed by atoms with Crippen LogP contribution in [0.3, 0.4) is 0 Å². The number of Topliss-reactive ketones (excluding diaryl/α,β-unsaturated/α-hetero) is 1. The number of amides is 1. The normalized spacial score (nSPS) is 22.8. The van der Waals surface area contributed by atoms with Crippen LogP contribution in [0.25, 0.3) is 0 Å². The predicted octanol–water partition coefficient (Wildman–Crippen LogP) is 1.80. The number of hydrogen-bond donors (Lipinski definition) is 0. The lowest BCUT2D eigenvalue weighted by Gasteiger charge is -2.31. The molecule has 0 aliphatic carbocycles. The highest BCUT2D eigenvalue weighted by molar-refractivity contribution is 6.31. The van der Waals surface area contributed by atoms with Crippen LogP contribution in [0, 0.1) is 0 Å². The molecule has 0 saturated carbocycles. The van der Waals surface area contributed by atoms with E-state index < -0.39 is 17.1 Å². The highest BCUT2D eigenvalue weighted by Gasteiger charge is 2.30. The second kappa shape index (κ2) is 4.39. The van der Waals surface area contributed by atoms with Crippen LogP contribution >= 0.6 is 11.6 Å². The van der Waals surface area contributed by atoms with Gasteiger partial charge in [-0.2, -0.15) is 0 Å². The minimum Gasteiger partial charge on any atom is -0.444 e. The second-order valence-corrected chi connectivity index (χ2v) is 5.14. The van der Waals surface area contributed by atoms with Crippen LogP contribution in [0.5, 0.6) is 0 Å². The summed E-state index contributed by atoms with van der Waals surface area (Å²) in [5.74, 6) is -0.00326. The van der Waals surface area contributed by atoms with E-state index in [9.17, 15) is 9.59 Å². The van der Waals surface area contributed by atoms with Gasteiger partial charge in [-0.15, -0.1) is 11.6 Å². The van der Waals surface area contributed by atoms with Crippen molar-refractivity contribution in [3.05, 3.63) is 0 Å². The van der Waals surface area contributed by atoms with Gasteiger partial charge in [-0.1, -0.05) is 0 Å². The van der Waals surface area contributed by atoms with E-state index in [1.807, 2.05) is 0 Å². The van der Waals surface area contributed by atoms with E-state index >= 15 is 0 Å². The van der Waals surface area contributed by atoms with E-state index in [4.69, 9.17) is 16.3 Å². The average molecular weight is 234 g/mol. The first-order chi connectivity index (χ1) is 6.79. The summed E-state index contributed by atoms with van der Waals surface area (Å²) >= 11 is 5.78. The standard InChI is InChI=1S/C10H16ClNO3/c1-10(2,3)15-9(14)12-5-4-8(13)7(11)6-12/h7H,4-6H2,1-3H3/t7-/m1/s1. The summed E-state index contributed by atoms with van der Waals surface area (Å²) in [7, 11) is 0. The monoisotopic (exact) mass is 233 g/mol. The molecule has 1 fully saturated rings. The molecule has 86 valence electrons. The van der Waals surface area contributed by atoms with E-state index in [1.165, 1.54) is 4.90 Å². The highest BCUT2D eigenvalue weighted by Crippen LogP contribution is 2.16. The van der Waals surface area contributed by atoms with E-state index in [2.05, 4.69) is 0 Å². The Labute approximate surface area is 94.5 Å². The maximum Gasteiger partial charge on any atom is 0.410 e. The number of rotatable bonds is 0. The molecule has 1 atom stereocenters. The molecule has 4 nitrogen and oxygen atoms in total. The molecule has 15 heavy (non-hydrogen) atoms. The van der Waals surface area contributed by atoms with Crippen molar-refractivity contribution in [2.75, 3.05) is 13.1 Å². The van der Waals surface area contributed by atoms with Crippen LogP contribution < -0.4 is 0 Å². The van der Waals surface area contributed by atoms with Crippen LogP contribution in [0.1, 0.15) is 27.2 Å². The maximum absolute atomic E-state index is 11.6. The van der Waals surface area contributed by atoms with Crippen LogP contribution in [0.15, 0.2) is 0 Å². The third kappa shape index (κ3) is 3.70. The number of carbonyl (C=O) groups is 2. The van der Waals surface area contributed by atoms with Gasteiger partial charge in [0.25, 0.3) is 0 Å². The van der Waals surface area contributed by atoms with Gasteiger partial charge in [-0.05, 0) is 20.8 Å². The molecule has 1 amide bonds. The summed E-state index contributed by atoms with van der Waals surface area (Å²) in [6, 6.07) is 0. The quantitative estimate of drug-likeness (QED) is 0.600. The van der Waals surface area contributed by atoms with Gasteiger partial charge in [0.2, 0.25) is 0 Å². The predicted molar refractivity (Wildman–Crippen MR) is 57.1 cm³/mol. The number of alkyl halides is 1. The summed E-state index contributed by atoms with van der Waals surface area (Å²) in [6.45, 7) is 6.06. The SMILES string of the molecule is CC(C)(C)OC(=O)N1CCC(=O)[C@H](Cl)C1. The van der Waals surface area contributed by atoms with Crippen molar-refractivity contribution >= 4 is 23.5 Å². The molecule has 1 saturated heterocycles. The topological polar surface area (TPSA) is 46.6 Å². The Balaban J connectivity index is 2.51. The van der Waals surface area contributed by atoms with E-state index in [0.717, 1.165) is 0 Å². The number of piperidine rings is 1. The van der Waals surface area contributed by atoms with Crippen molar-refractivity contribution in [3.63, 3.8) is 0 Å². The van der Waals surface area contributed by atoms with Crippen molar-refractivity contribution in [1.29, 1.82) is 0 Å². The van der Waals surface area contributed by atoms with E-state index in [1.54, 1.807) is 20.8 Å². The van der Waals surface area contributed by atoms with Crippen LogP contribution in [-0.4, -0.2) is 40.8 Å². The molecule has 0 radical (unpaired) electrons. The number of halogens is 1. The molecule has 0 aromatic carbocycles. The third-order valence-electron chi connectivity index (χ3n) is 2.01. The molecular weight excluding hydrogens is 218 g/mol. The van der Waals surface area contributed by atoms with Crippen molar-refractivity contribution in [2.45, 2.75) is 38.2 Å². The minimum absolute atomic E-state index is 0.00326. The van der Waals surface area contributed by atoms with Crippen LogP contribution in [0.4, 0.5) is 4.79 Å². The first-order valence-corrected chi connectivity index (χ1v) is 5.38. The average Bonchev–Trinajstić information content (AvgIpc) is 2.06. The molecule has 1 heterocycles. The third-order valence-corrected chi connectivity index (χ3v) is 2.39. The van der Waals surface area contributed by atoms with Gasteiger partial charge in [0.15, 0.2) is 5.78 Å². The molecule has 0 N–H and O–H groups in total. The van der Waals surface area contributed by atoms with Crippen molar-refractivity contribution < 1.29 is 14.3 Å². The molecule has 0 aromatic rings. The number of nitrogens with zero attached hydrogens (tertiary/aromatic N) is 1. The van der Waals surface area contributed by atoms with E-state index in [-0.39, 0.29) is 12.3 Å². The summed E-state index contributed by atoms with van der Waals surface area (Å²) in [4.78, 5) is 24.2. The number of ether oxygens (including phenoxy) is 1. The fraction of sp³-hybridized carbons (Fsp3) is 0.800. The summed E-state index contributed by atoms with van der Waals surface area (Å²) < 4.78 is 5.18. The fourth-order valence-electron chi connectivity index (χ4n) is 1.28. The van der Waals surface area contributed by atoms with Gasteiger partial charge >= 0.3 is 6.09 Å². The Bertz CT molecular complexity index is 272. The number of hydrogen-bond acceptors (Lipinski definition) is 3. The summed E-state index contributed by atoms with van der Waals surface area (Å²) in [5, 5.41) is -0.591. The van der Waals surface area contributed by atoms with Crippen molar-refractivity contribution in [3.8, 4) is 0 Å². The lowest BCUT2D eigenvalue weighted by atomic mass is 10.1. The van der Waals surface area contributed by atoms with Gasteiger partial charge in [-0.3, -0.25) is 4.79 Å². The Kier molecular flexibility index (Phi) is 3.60. The maximum atomic E-state index is 11.6. The zero-order valence-electron chi connectivity index (χ0n) is 9.25. The van der Waals surface area contributed by atoms with Crippen LogP contribution in [-0.2, 0) is 9.53 Å². The lowest BCUT2D eigenvalue weighted by molar-refractivity contribution is -0.120. The molecule has 1 aliphatic heterocycles. The Morgan fingerprint density at radius 1 is 1.53 bits per heavy atom. The van der Waals surface area contributed by atoms with Crippen molar-refractivity contribution in [2.24, 2.45) is 0 Å².